The summed E-state index contributed by atoms with van der Waals surface area (Å²) in [5.41, 5.74) is 14.1. The van der Waals surface area contributed by atoms with Crippen molar-refractivity contribution < 1.29 is 9.47 Å². The number of aromatic nitrogens is 2. The Balaban J connectivity index is 0.000000200. The fraction of sp³-hybridized carbons (Fsp3) is 0.314. The summed E-state index contributed by atoms with van der Waals surface area (Å²) in [6.45, 7) is 18.5. The van der Waals surface area contributed by atoms with Crippen LogP contribution in [0.15, 0.2) is 179 Å². The third kappa shape index (κ3) is 9.83. The highest BCUT2D eigenvalue weighted by Gasteiger charge is 2.43. The molecule has 0 atom stereocenters. The predicted molar refractivity (Wildman–Crippen MR) is 329 cm³/mol. The van der Waals surface area contributed by atoms with Crippen molar-refractivity contribution in [3.63, 3.8) is 0 Å². The van der Waals surface area contributed by atoms with Gasteiger partial charge in [0.25, 0.3) is 0 Å². The van der Waals surface area contributed by atoms with Gasteiger partial charge in [0.05, 0.1) is 22.1 Å². The molecule has 0 fully saturated rings. The van der Waals surface area contributed by atoms with Gasteiger partial charge in [-0.25, -0.2) is 0 Å². The van der Waals surface area contributed by atoms with E-state index in [9.17, 15) is 0 Å². The van der Waals surface area contributed by atoms with E-state index in [4.69, 9.17) is 9.47 Å². The van der Waals surface area contributed by atoms with Gasteiger partial charge in [0.1, 0.15) is 22.7 Å². The number of para-hydroxylation sites is 4. The third-order valence-electron chi connectivity index (χ3n) is 16.2. The maximum absolute atomic E-state index is 7.53. The fourth-order valence-electron chi connectivity index (χ4n) is 12.2. The van der Waals surface area contributed by atoms with E-state index in [0.717, 1.165) is 77.5 Å². The number of rotatable bonds is 14. The first-order chi connectivity index (χ1) is 36.7. The molecule has 0 radical (unpaired) electrons. The second-order valence-electron chi connectivity index (χ2n) is 23.4. The van der Waals surface area contributed by atoms with Crippen molar-refractivity contribution in [2.24, 2.45) is 23.7 Å². The van der Waals surface area contributed by atoms with E-state index >= 15 is 0 Å². The van der Waals surface area contributed by atoms with Crippen molar-refractivity contribution in [1.29, 1.82) is 0 Å². The average Bonchev–Trinajstić information content (AvgIpc) is 4.06. The monoisotopic (exact) mass is 1130 g/mol. The Morgan fingerprint density at radius 1 is 0.355 bits per heavy atom. The lowest BCUT2D eigenvalue weighted by Gasteiger charge is -2.42. The molecule has 388 valence electrons. The van der Waals surface area contributed by atoms with Crippen molar-refractivity contribution in [2.75, 3.05) is 0 Å². The molecular formula is C70H72Br2N2O2. The Hall–Kier alpha value is -6.08. The molecule has 0 N–H and O–H groups in total. The van der Waals surface area contributed by atoms with Crippen LogP contribution in [0.25, 0.3) is 77.2 Å². The van der Waals surface area contributed by atoms with Gasteiger partial charge in [-0.05, 0) is 165 Å². The Labute approximate surface area is 467 Å². The SMILES string of the molecule is CC(C)CCC1(CCC(C)C)Oc2cc(-n3c4ccccc4c4ccccc43)ccc2-c2ccc(-n3c4ccccc4c4ccccc43)cc21.CC(C)CCC1(CCC(C)C)Oc2cc(Br)ccc2-c2ccc(Br)cc21. The second kappa shape index (κ2) is 21.4. The molecule has 0 saturated carbocycles. The number of ether oxygens (including phenoxy) is 2. The van der Waals surface area contributed by atoms with Gasteiger partial charge in [-0.3, -0.25) is 0 Å². The number of benzene rings is 8. The quantitative estimate of drug-likeness (QED) is 0.109. The minimum atomic E-state index is -0.439. The van der Waals surface area contributed by atoms with E-state index in [2.05, 4.69) is 266 Å². The zero-order valence-corrected chi connectivity index (χ0v) is 48.8. The van der Waals surface area contributed by atoms with E-state index in [1.165, 1.54) is 82.7 Å². The maximum atomic E-state index is 7.53. The van der Waals surface area contributed by atoms with Crippen LogP contribution in [0, 0.1) is 23.7 Å². The molecule has 6 heteroatoms. The molecule has 0 spiro atoms. The number of nitrogens with zero attached hydrogens (tertiary/aromatic N) is 2. The number of fused-ring (bicyclic) bond motifs is 12. The van der Waals surface area contributed by atoms with Crippen LogP contribution in [-0.2, 0) is 11.2 Å². The van der Waals surface area contributed by atoms with Crippen LogP contribution in [-0.4, -0.2) is 9.13 Å². The van der Waals surface area contributed by atoms with Gasteiger partial charge in [0.2, 0.25) is 0 Å². The molecule has 10 aromatic rings. The van der Waals surface area contributed by atoms with E-state index < -0.39 is 5.60 Å². The normalized spacial score (nSPS) is 14.2. The average molecular weight is 1130 g/mol. The summed E-state index contributed by atoms with van der Waals surface area (Å²) in [6, 6.07) is 62.2. The highest BCUT2D eigenvalue weighted by molar-refractivity contribution is 9.10. The van der Waals surface area contributed by atoms with Crippen LogP contribution >= 0.6 is 31.9 Å². The molecule has 0 unspecified atom stereocenters. The molecule has 4 heterocycles. The molecule has 2 aromatic heterocycles. The molecule has 8 aromatic carbocycles. The van der Waals surface area contributed by atoms with Crippen LogP contribution in [0.1, 0.15) is 118 Å². The molecule has 76 heavy (non-hydrogen) atoms. The van der Waals surface area contributed by atoms with Gasteiger partial charge in [0.15, 0.2) is 0 Å². The summed E-state index contributed by atoms with van der Waals surface area (Å²) >= 11 is 7.31. The van der Waals surface area contributed by atoms with Gasteiger partial charge in [0, 0.05) is 70.2 Å². The minimum absolute atomic E-state index is 0.249. The molecule has 2 aliphatic heterocycles. The van der Waals surface area contributed by atoms with Crippen molar-refractivity contribution >= 4 is 75.5 Å². The molecule has 0 bridgehead atoms. The molecule has 0 amide bonds. The van der Waals surface area contributed by atoms with Gasteiger partial charge in [-0.1, -0.05) is 172 Å². The molecule has 12 rings (SSSR count). The van der Waals surface area contributed by atoms with Gasteiger partial charge in [-0.2, -0.15) is 0 Å². The maximum Gasteiger partial charge on any atom is 0.135 e. The van der Waals surface area contributed by atoms with Crippen molar-refractivity contribution in [2.45, 2.75) is 118 Å². The first kappa shape index (κ1) is 52.0. The van der Waals surface area contributed by atoms with E-state index in [1.54, 1.807) is 0 Å². The summed E-state index contributed by atoms with van der Waals surface area (Å²) in [4.78, 5) is 0. The molecular weight excluding hydrogens is 1060 g/mol. The van der Waals surface area contributed by atoms with Gasteiger partial charge < -0.3 is 18.6 Å². The molecule has 0 aliphatic carbocycles. The highest BCUT2D eigenvalue weighted by atomic mass is 79.9. The lowest BCUT2D eigenvalue weighted by atomic mass is 9.76. The standard InChI is InChI=1S/C47H44N2O.C23H28Br2O/c1-31(2)25-27-47(28-26-32(3)4)41-29-33(48-42-17-9-5-13-36(42)37-14-6-10-18-43(37)48)21-23-35(41)40-24-22-34(30-46(40)50-47)49-44-19-11-7-15-38(44)39-16-8-12-20-45(39)49;1-15(2)9-11-23(12-10-16(3)4)21-13-17(24)5-7-19(21)20-8-6-18(25)14-22(20)26-23/h5-24,29-32H,25-28H2,1-4H3;5-8,13-16H,9-12H2,1-4H3. The Kier molecular flexibility index (Phi) is 14.6. The zero-order valence-electron chi connectivity index (χ0n) is 45.6. The summed E-state index contributed by atoms with van der Waals surface area (Å²) in [5.74, 6) is 4.45. The summed E-state index contributed by atoms with van der Waals surface area (Å²) in [5, 5.41) is 5.11. The van der Waals surface area contributed by atoms with E-state index in [-0.39, 0.29) is 5.60 Å². The van der Waals surface area contributed by atoms with Gasteiger partial charge >= 0.3 is 0 Å². The van der Waals surface area contributed by atoms with Crippen LogP contribution in [0.3, 0.4) is 0 Å². The first-order valence-corrected chi connectivity index (χ1v) is 29.5. The van der Waals surface area contributed by atoms with Gasteiger partial charge in [-0.15, -0.1) is 0 Å². The van der Waals surface area contributed by atoms with Crippen LogP contribution in [0.4, 0.5) is 0 Å². The van der Waals surface area contributed by atoms with Crippen LogP contribution in [0.2, 0.25) is 0 Å². The number of hydrogen-bond acceptors (Lipinski definition) is 2. The second-order valence-corrected chi connectivity index (χ2v) is 25.2. The fourth-order valence-corrected chi connectivity index (χ4v) is 12.9. The largest absolute Gasteiger partial charge is 0.482 e. The van der Waals surface area contributed by atoms with E-state index in [1.807, 2.05) is 0 Å². The molecule has 0 saturated heterocycles. The highest BCUT2D eigenvalue weighted by Crippen LogP contribution is 2.53. The summed E-state index contributed by atoms with van der Waals surface area (Å²) in [6.07, 6.45) is 8.55. The summed E-state index contributed by atoms with van der Waals surface area (Å²) in [7, 11) is 0. The van der Waals surface area contributed by atoms with Crippen LogP contribution < -0.4 is 9.47 Å². The van der Waals surface area contributed by atoms with Crippen molar-refractivity contribution in [3.05, 3.63) is 190 Å². The number of halogens is 2. The topological polar surface area (TPSA) is 28.3 Å². The lowest BCUT2D eigenvalue weighted by Crippen LogP contribution is -2.37. The smallest absolute Gasteiger partial charge is 0.135 e. The van der Waals surface area contributed by atoms with Crippen molar-refractivity contribution in [1.82, 2.24) is 9.13 Å². The van der Waals surface area contributed by atoms with Crippen LogP contribution in [0.5, 0.6) is 11.5 Å². The Morgan fingerprint density at radius 3 is 1.08 bits per heavy atom. The Bertz CT molecular complexity index is 3610. The lowest BCUT2D eigenvalue weighted by molar-refractivity contribution is 0.0331. The zero-order chi connectivity index (χ0) is 52.9. The third-order valence-corrected chi connectivity index (χ3v) is 17.2. The number of hydrogen-bond donors (Lipinski definition) is 0. The summed E-state index contributed by atoms with van der Waals surface area (Å²) < 4.78 is 21.4. The minimum Gasteiger partial charge on any atom is -0.482 e. The predicted octanol–water partition coefficient (Wildman–Crippen LogP) is 21.3. The molecule has 2 aliphatic rings. The molecule has 4 nitrogen and oxygen atoms in total. The van der Waals surface area contributed by atoms with Crippen molar-refractivity contribution in [3.8, 4) is 45.1 Å². The Morgan fingerprint density at radius 2 is 0.671 bits per heavy atom. The first-order valence-electron chi connectivity index (χ1n) is 28.0. The van der Waals surface area contributed by atoms with E-state index in [0.29, 0.717) is 23.7 Å².